The van der Waals surface area contributed by atoms with E-state index in [1.165, 1.54) is 5.56 Å². The molecule has 0 spiro atoms. The first-order valence-electron chi connectivity index (χ1n) is 6.99. The van der Waals surface area contributed by atoms with Crippen LogP contribution in [-0.2, 0) is 6.42 Å². The fourth-order valence-corrected chi connectivity index (χ4v) is 2.84. The van der Waals surface area contributed by atoms with Crippen molar-refractivity contribution >= 4 is 17.3 Å². The van der Waals surface area contributed by atoms with Crippen LogP contribution in [0.25, 0.3) is 0 Å². The van der Waals surface area contributed by atoms with Gasteiger partial charge in [-0.2, -0.15) is 5.10 Å². The monoisotopic (exact) mass is 269 g/mol. The van der Waals surface area contributed by atoms with Crippen LogP contribution in [0, 0.1) is 19.8 Å². The summed E-state index contributed by atoms with van der Waals surface area (Å²) in [5, 5.41) is 10.6. The number of fused-ring (bicyclic) bond motifs is 1. The quantitative estimate of drug-likeness (QED) is 0.876. The Kier molecular flexibility index (Phi) is 3.08. The highest BCUT2D eigenvalue weighted by Gasteiger charge is 2.28. The van der Waals surface area contributed by atoms with Gasteiger partial charge in [-0.1, -0.05) is 24.6 Å². The number of Topliss-reactive ketones (excluding diaryl/α,β-unsaturated/α-hetero) is 1. The molecule has 1 aliphatic carbocycles. The number of aromatic nitrogens is 2. The Balaban J connectivity index is 1.95. The van der Waals surface area contributed by atoms with Crippen LogP contribution in [0.2, 0.25) is 0 Å². The molecule has 2 aromatic rings. The van der Waals surface area contributed by atoms with E-state index >= 15 is 0 Å². The van der Waals surface area contributed by atoms with E-state index in [0.29, 0.717) is 18.2 Å². The molecule has 3 rings (SSSR count). The lowest BCUT2D eigenvalue weighted by Crippen LogP contribution is -2.17. The fraction of sp³-hybridized carbons (Fsp3) is 0.375. The Morgan fingerprint density at radius 3 is 2.85 bits per heavy atom. The predicted molar refractivity (Wildman–Crippen MR) is 79.6 cm³/mol. The van der Waals surface area contributed by atoms with E-state index in [2.05, 4.69) is 48.4 Å². The standard InChI is InChI=1S/C16H19N3O/c1-9-4-5-12(11(3)6-9)17-16-15-13(18-19-16)7-10(2)8-14(15)20/h4-6,10H,7-8H2,1-3H3,(H2,17,18,19). The minimum atomic E-state index is 0.180. The lowest BCUT2D eigenvalue weighted by Gasteiger charge is -2.17. The van der Waals surface area contributed by atoms with Gasteiger partial charge in [0.2, 0.25) is 0 Å². The van der Waals surface area contributed by atoms with Crippen LogP contribution in [-0.4, -0.2) is 16.0 Å². The van der Waals surface area contributed by atoms with Gasteiger partial charge < -0.3 is 5.32 Å². The number of rotatable bonds is 2. The zero-order chi connectivity index (χ0) is 14.3. The number of anilines is 2. The van der Waals surface area contributed by atoms with Crippen LogP contribution >= 0.6 is 0 Å². The number of carbonyl (C=O) groups excluding carboxylic acids is 1. The van der Waals surface area contributed by atoms with Gasteiger partial charge in [0.15, 0.2) is 11.6 Å². The number of aryl methyl sites for hydroxylation is 2. The van der Waals surface area contributed by atoms with Crippen LogP contribution in [0.3, 0.4) is 0 Å². The summed E-state index contributed by atoms with van der Waals surface area (Å²) in [6, 6.07) is 6.20. The first-order valence-corrected chi connectivity index (χ1v) is 6.99. The highest BCUT2D eigenvalue weighted by Crippen LogP contribution is 2.31. The molecular formula is C16H19N3O. The predicted octanol–water partition coefficient (Wildman–Crippen LogP) is 3.54. The molecule has 1 heterocycles. The third-order valence-electron chi connectivity index (χ3n) is 3.84. The number of nitrogens with zero attached hydrogens (tertiary/aromatic N) is 1. The molecule has 1 aromatic heterocycles. The lowest BCUT2D eigenvalue weighted by atomic mass is 9.88. The van der Waals surface area contributed by atoms with E-state index < -0.39 is 0 Å². The van der Waals surface area contributed by atoms with Gasteiger partial charge >= 0.3 is 0 Å². The number of hydrogen-bond donors (Lipinski definition) is 2. The highest BCUT2D eigenvalue weighted by atomic mass is 16.1. The molecule has 0 amide bonds. The van der Waals surface area contributed by atoms with Gasteiger partial charge in [-0.05, 0) is 37.8 Å². The van der Waals surface area contributed by atoms with Crippen LogP contribution in [0.4, 0.5) is 11.5 Å². The zero-order valence-electron chi connectivity index (χ0n) is 12.1. The molecule has 0 saturated carbocycles. The molecule has 0 bridgehead atoms. The van der Waals surface area contributed by atoms with Crippen LogP contribution in [0.5, 0.6) is 0 Å². The lowest BCUT2D eigenvalue weighted by molar-refractivity contribution is 0.0954. The Bertz CT molecular complexity index is 672. The smallest absolute Gasteiger partial charge is 0.168 e. The van der Waals surface area contributed by atoms with Crippen LogP contribution < -0.4 is 5.32 Å². The van der Waals surface area contributed by atoms with Gasteiger partial charge in [0, 0.05) is 17.8 Å². The topological polar surface area (TPSA) is 57.8 Å². The summed E-state index contributed by atoms with van der Waals surface area (Å²) in [6.07, 6.45) is 1.50. The van der Waals surface area contributed by atoms with E-state index in [9.17, 15) is 4.79 Å². The Morgan fingerprint density at radius 2 is 2.10 bits per heavy atom. The van der Waals surface area contributed by atoms with Gasteiger partial charge in [-0.3, -0.25) is 9.89 Å². The van der Waals surface area contributed by atoms with Gasteiger partial charge in [0.1, 0.15) is 0 Å². The third kappa shape index (κ3) is 2.22. The SMILES string of the molecule is Cc1ccc(Nc2n[nH]c3c2C(=O)CC(C)C3)c(C)c1. The highest BCUT2D eigenvalue weighted by molar-refractivity contribution is 6.03. The maximum atomic E-state index is 12.2. The van der Waals surface area contributed by atoms with Gasteiger partial charge in [-0.15, -0.1) is 0 Å². The molecule has 104 valence electrons. The fourth-order valence-electron chi connectivity index (χ4n) is 2.84. The number of H-pyrrole nitrogens is 1. The number of carbonyl (C=O) groups is 1. The van der Waals surface area contributed by atoms with E-state index in [1.807, 2.05) is 6.07 Å². The minimum Gasteiger partial charge on any atom is -0.338 e. The summed E-state index contributed by atoms with van der Waals surface area (Å²) < 4.78 is 0. The summed E-state index contributed by atoms with van der Waals surface area (Å²) in [7, 11) is 0. The molecule has 4 heteroatoms. The summed E-state index contributed by atoms with van der Waals surface area (Å²) in [4.78, 5) is 12.2. The molecule has 0 saturated heterocycles. The van der Waals surface area contributed by atoms with Crippen molar-refractivity contribution in [2.75, 3.05) is 5.32 Å². The summed E-state index contributed by atoms with van der Waals surface area (Å²) in [5.41, 5.74) is 5.07. The van der Waals surface area contributed by atoms with Crippen molar-refractivity contribution in [3.05, 3.63) is 40.6 Å². The molecule has 20 heavy (non-hydrogen) atoms. The van der Waals surface area contributed by atoms with Gasteiger partial charge in [0.25, 0.3) is 0 Å². The van der Waals surface area contributed by atoms with Gasteiger partial charge in [0.05, 0.1) is 5.56 Å². The molecule has 0 fully saturated rings. The average Bonchev–Trinajstić information content (AvgIpc) is 2.76. The van der Waals surface area contributed by atoms with Crippen molar-refractivity contribution in [2.24, 2.45) is 5.92 Å². The number of ketones is 1. The van der Waals surface area contributed by atoms with Crippen molar-refractivity contribution in [2.45, 2.75) is 33.6 Å². The van der Waals surface area contributed by atoms with Crippen molar-refractivity contribution in [3.8, 4) is 0 Å². The minimum absolute atomic E-state index is 0.180. The number of nitrogens with one attached hydrogen (secondary N) is 2. The first kappa shape index (κ1) is 12.9. The summed E-state index contributed by atoms with van der Waals surface area (Å²) >= 11 is 0. The average molecular weight is 269 g/mol. The van der Waals surface area contributed by atoms with Crippen molar-refractivity contribution in [1.82, 2.24) is 10.2 Å². The Labute approximate surface area is 118 Å². The molecule has 4 nitrogen and oxygen atoms in total. The van der Waals surface area contributed by atoms with E-state index in [-0.39, 0.29) is 5.78 Å². The van der Waals surface area contributed by atoms with Crippen molar-refractivity contribution in [3.63, 3.8) is 0 Å². The van der Waals surface area contributed by atoms with E-state index in [1.54, 1.807) is 0 Å². The Hall–Kier alpha value is -2.10. The van der Waals surface area contributed by atoms with E-state index in [0.717, 1.165) is 28.9 Å². The first-order chi connectivity index (χ1) is 9.54. The number of aromatic amines is 1. The normalized spacial score (nSPS) is 17.9. The zero-order valence-corrected chi connectivity index (χ0v) is 12.1. The second kappa shape index (κ2) is 4.78. The van der Waals surface area contributed by atoms with E-state index in [4.69, 9.17) is 0 Å². The number of hydrogen-bond acceptors (Lipinski definition) is 3. The molecular weight excluding hydrogens is 250 g/mol. The summed E-state index contributed by atoms with van der Waals surface area (Å²) in [5.74, 6) is 1.23. The second-order valence-electron chi connectivity index (χ2n) is 5.81. The largest absolute Gasteiger partial charge is 0.338 e. The molecule has 0 aliphatic heterocycles. The maximum absolute atomic E-state index is 12.2. The molecule has 1 aliphatic rings. The molecule has 1 aromatic carbocycles. The van der Waals surface area contributed by atoms with Gasteiger partial charge in [-0.25, -0.2) is 0 Å². The second-order valence-corrected chi connectivity index (χ2v) is 5.81. The van der Waals surface area contributed by atoms with Crippen molar-refractivity contribution < 1.29 is 4.79 Å². The Morgan fingerprint density at radius 1 is 1.30 bits per heavy atom. The molecule has 0 radical (unpaired) electrons. The maximum Gasteiger partial charge on any atom is 0.168 e. The van der Waals surface area contributed by atoms with Crippen molar-refractivity contribution in [1.29, 1.82) is 0 Å². The van der Waals surface area contributed by atoms with Crippen LogP contribution in [0.1, 0.15) is 40.5 Å². The van der Waals surface area contributed by atoms with Crippen LogP contribution in [0.15, 0.2) is 18.2 Å². The molecule has 2 N–H and O–H groups in total. The molecule has 1 atom stereocenters. The summed E-state index contributed by atoms with van der Waals surface area (Å²) in [6.45, 7) is 6.22. The third-order valence-corrected chi connectivity index (χ3v) is 3.84. The molecule has 1 unspecified atom stereocenters. The number of benzene rings is 1.